The van der Waals surface area contributed by atoms with Crippen LogP contribution < -0.4 is 5.73 Å². The van der Waals surface area contributed by atoms with E-state index in [9.17, 15) is 0 Å². The Morgan fingerprint density at radius 2 is 1.76 bits per heavy atom. The molecule has 0 atom stereocenters. The lowest BCUT2D eigenvalue weighted by atomic mass is 10.3. The van der Waals surface area contributed by atoms with E-state index in [1.165, 1.54) is 26.1 Å². The molecule has 0 saturated carbocycles. The maximum absolute atomic E-state index is 5.63. The SMILES string of the molecule is CCCN1CCN(Cc2ccc(CN)o2)CC1. The highest BCUT2D eigenvalue weighted by Crippen LogP contribution is 2.12. The van der Waals surface area contributed by atoms with Crippen LogP contribution in [0.2, 0.25) is 0 Å². The van der Waals surface area contributed by atoms with Gasteiger partial charge in [0.2, 0.25) is 0 Å². The van der Waals surface area contributed by atoms with Gasteiger partial charge < -0.3 is 15.1 Å². The Morgan fingerprint density at radius 1 is 1.12 bits per heavy atom. The van der Waals surface area contributed by atoms with Crippen LogP contribution in [0.1, 0.15) is 24.9 Å². The molecule has 4 nitrogen and oxygen atoms in total. The molecule has 0 unspecified atom stereocenters. The standard InChI is InChI=1S/C13H23N3O/c1-2-5-15-6-8-16(9-7-15)11-13-4-3-12(10-14)17-13/h3-4H,2,5-11,14H2,1H3. The first-order valence-electron chi connectivity index (χ1n) is 6.54. The number of nitrogens with zero attached hydrogens (tertiary/aromatic N) is 2. The Kier molecular flexibility index (Phi) is 4.59. The summed E-state index contributed by atoms with van der Waals surface area (Å²) < 4.78 is 5.63. The van der Waals surface area contributed by atoms with Crippen molar-refractivity contribution in [2.24, 2.45) is 5.73 Å². The minimum Gasteiger partial charge on any atom is -0.463 e. The molecule has 2 N–H and O–H groups in total. The lowest BCUT2D eigenvalue weighted by molar-refractivity contribution is 0.120. The van der Waals surface area contributed by atoms with Gasteiger partial charge in [0, 0.05) is 26.2 Å². The fourth-order valence-corrected chi connectivity index (χ4v) is 2.32. The monoisotopic (exact) mass is 237 g/mol. The summed E-state index contributed by atoms with van der Waals surface area (Å²) in [4.78, 5) is 4.98. The molecule has 0 aliphatic carbocycles. The highest BCUT2D eigenvalue weighted by Gasteiger charge is 2.17. The van der Waals surface area contributed by atoms with Crippen molar-refractivity contribution in [2.45, 2.75) is 26.4 Å². The smallest absolute Gasteiger partial charge is 0.118 e. The number of hydrogen-bond donors (Lipinski definition) is 1. The second-order valence-corrected chi connectivity index (χ2v) is 4.69. The lowest BCUT2D eigenvalue weighted by Crippen LogP contribution is -2.45. The van der Waals surface area contributed by atoms with Gasteiger partial charge in [0.1, 0.15) is 11.5 Å². The molecule has 1 aliphatic rings. The number of furan rings is 1. The molecule has 96 valence electrons. The molecule has 2 heterocycles. The summed E-state index contributed by atoms with van der Waals surface area (Å²) in [5, 5.41) is 0. The molecule has 2 rings (SSSR count). The van der Waals surface area contributed by atoms with Crippen molar-refractivity contribution in [3.63, 3.8) is 0 Å². The third kappa shape index (κ3) is 3.56. The summed E-state index contributed by atoms with van der Waals surface area (Å²) in [7, 11) is 0. The fraction of sp³-hybridized carbons (Fsp3) is 0.692. The van der Waals surface area contributed by atoms with Gasteiger partial charge in [-0.1, -0.05) is 6.92 Å². The molecule has 4 heteroatoms. The van der Waals surface area contributed by atoms with Crippen molar-refractivity contribution < 1.29 is 4.42 Å². The minimum absolute atomic E-state index is 0.490. The molecule has 0 spiro atoms. The second-order valence-electron chi connectivity index (χ2n) is 4.69. The van der Waals surface area contributed by atoms with E-state index in [-0.39, 0.29) is 0 Å². The van der Waals surface area contributed by atoms with Crippen LogP contribution >= 0.6 is 0 Å². The van der Waals surface area contributed by atoms with Crippen LogP contribution in [0.5, 0.6) is 0 Å². The summed E-state index contributed by atoms with van der Waals surface area (Å²) in [5.41, 5.74) is 5.53. The van der Waals surface area contributed by atoms with E-state index in [4.69, 9.17) is 10.2 Å². The zero-order valence-corrected chi connectivity index (χ0v) is 10.7. The predicted molar refractivity (Wildman–Crippen MR) is 68.6 cm³/mol. The quantitative estimate of drug-likeness (QED) is 0.837. The van der Waals surface area contributed by atoms with Gasteiger partial charge in [0.25, 0.3) is 0 Å². The lowest BCUT2D eigenvalue weighted by Gasteiger charge is -2.33. The van der Waals surface area contributed by atoms with Gasteiger partial charge in [-0.3, -0.25) is 4.90 Å². The van der Waals surface area contributed by atoms with Gasteiger partial charge in [-0.05, 0) is 25.1 Å². The van der Waals surface area contributed by atoms with E-state index in [0.29, 0.717) is 6.54 Å². The largest absolute Gasteiger partial charge is 0.463 e. The summed E-state index contributed by atoms with van der Waals surface area (Å²) in [6.45, 7) is 9.51. The van der Waals surface area contributed by atoms with Gasteiger partial charge in [0.15, 0.2) is 0 Å². The molecule has 1 saturated heterocycles. The van der Waals surface area contributed by atoms with Gasteiger partial charge in [-0.25, -0.2) is 0 Å². The highest BCUT2D eigenvalue weighted by atomic mass is 16.3. The molecule has 1 aromatic rings. The van der Waals surface area contributed by atoms with E-state index in [0.717, 1.165) is 31.2 Å². The average molecular weight is 237 g/mol. The molecule has 0 amide bonds. The molecule has 17 heavy (non-hydrogen) atoms. The number of rotatable bonds is 5. The summed E-state index contributed by atoms with van der Waals surface area (Å²) in [5.74, 6) is 1.92. The van der Waals surface area contributed by atoms with Gasteiger partial charge in [-0.2, -0.15) is 0 Å². The Bertz CT molecular complexity index is 329. The summed E-state index contributed by atoms with van der Waals surface area (Å²) in [6, 6.07) is 4.02. The average Bonchev–Trinajstić information content (AvgIpc) is 2.80. The molecule has 0 radical (unpaired) electrons. The maximum atomic E-state index is 5.63. The first-order valence-corrected chi connectivity index (χ1v) is 6.54. The van der Waals surface area contributed by atoms with Crippen LogP contribution in [-0.4, -0.2) is 42.5 Å². The fourth-order valence-electron chi connectivity index (χ4n) is 2.32. The van der Waals surface area contributed by atoms with Crippen molar-refractivity contribution >= 4 is 0 Å². The molecular weight excluding hydrogens is 214 g/mol. The van der Waals surface area contributed by atoms with Crippen LogP contribution in [0.4, 0.5) is 0 Å². The number of hydrogen-bond acceptors (Lipinski definition) is 4. The maximum Gasteiger partial charge on any atom is 0.118 e. The molecule has 1 fully saturated rings. The topological polar surface area (TPSA) is 45.6 Å². The van der Waals surface area contributed by atoms with Crippen molar-refractivity contribution in [1.29, 1.82) is 0 Å². The summed E-state index contributed by atoms with van der Waals surface area (Å²) in [6.07, 6.45) is 1.25. The van der Waals surface area contributed by atoms with Crippen molar-refractivity contribution in [3.05, 3.63) is 23.7 Å². The molecule has 1 aliphatic heterocycles. The van der Waals surface area contributed by atoms with E-state index in [1.54, 1.807) is 0 Å². The molecule has 0 bridgehead atoms. The highest BCUT2D eigenvalue weighted by molar-refractivity contribution is 5.06. The van der Waals surface area contributed by atoms with Gasteiger partial charge >= 0.3 is 0 Å². The van der Waals surface area contributed by atoms with Gasteiger partial charge in [0.05, 0.1) is 13.1 Å². The van der Waals surface area contributed by atoms with E-state index in [2.05, 4.69) is 16.7 Å². The van der Waals surface area contributed by atoms with Gasteiger partial charge in [-0.15, -0.1) is 0 Å². The second kappa shape index (κ2) is 6.19. The molecule has 1 aromatic heterocycles. The first-order chi connectivity index (χ1) is 8.31. The number of nitrogens with two attached hydrogens (primary N) is 1. The Morgan fingerprint density at radius 3 is 2.35 bits per heavy atom. The third-order valence-electron chi connectivity index (χ3n) is 3.30. The Hall–Kier alpha value is -0.840. The van der Waals surface area contributed by atoms with Crippen LogP contribution in [0.3, 0.4) is 0 Å². The third-order valence-corrected chi connectivity index (χ3v) is 3.30. The molecular formula is C13H23N3O. The zero-order valence-electron chi connectivity index (χ0n) is 10.7. The Balaban J connectivity index is 1.77. The van der Waals surface area contributed by atoms with E-state index in [1.807, 2.05) is 12.1 Å². The zero-order chi connectivity index (χ0) is 12.1. The van der Waals surface area contributed by atoms with Crippen molar-refractivity contribution in [1.82, 2.24) is 9.80 Å². The summed E-state index contributed by atoms with van der Waals surface area (Å²) >= 11 is 0. The van der Waals surface area contributed by atoms with Crippen molar-refractivity contribution in [3.8, 4) is 0 Å². The number of piperazine rings is 1. The molecule has 0 aromatic carbocycles. The normalized spacial score (nSPS) is 18.7. The van der Waals surface area contributed by atoms with E-state index >= 15 is 0 Å². The van der Waals surface area contributed by atoms with Crippen LogP contribution in [0.15, 0.2) is 16.5 Å². The Labute approximate surface area is 103 Å². The van der Waals surface area contributed by atoms with Crippen LogP contribution in [-0.2, 0) is 13.1 Å². The predicted octanol–water partition coefficient (Wildman–Crippen LogP) is 1.27. The van der Waals surface area contributed by atoms with Crippen molar-refractivity contribution in [2.75, 3.05) is 32.7 Å². The van der Waals surface area contributed by atoms with Crippen LogP contribution in [0, 0.1) is 0 Å². The first kappa shape index (κ1) is 12.6. The minimum atomic E-state index is 0.490. The van der Waals surface area contributed by atoms with Crippen LogP contribution in [0.25, 0.3) is 0 Å². The van der Waals surface area contributed by atoms with E-state index < -0.39 is 0 Å².